The van der Waals surface area contributed by atoms with Crippen LogP contribution in [-0.4, -0.2) is 14.4 Å². The van der Waals surface area contributed by atoms with Crippen molar-refractivity contribution in [2.24, 2.45) is 0 Å². The molecule has 0 amide bonds. The van der Waals surface area contributed by atoms with Crippen LogP contribution in [0.3, 0.4) is 0 Å². The molecule has 6 rings (SSSR count). The number of fused-ring (bicyclic) bond motifs is 1. The summed E-state index contributed by atoms with van der Waals surface area (Å²) in [6.07, 6.45) is 3.79. The fraction of sp³-hybridized carbons (Fsp3) is 0.0909. The summed E-state index contributed by atoms with van der Waals surface area (Å²) in [6, 6.07) is 37.9. The van der Waals surface area contributed by atoms with Crippen LogP contribution in [0.25, 0.3) is 16.9 Å². The topological polar surface area (TPSA) is 57.9 Å². The largest absolute Gasteiger partial charge is 0.485 e. The standard InChI is InChI=1S/C33H27N3O3/c1-4-11-25(12-5-1)22-37-30-17-10-20-36-29(21-34-32(30)36)28-18-19-31(38-23-26-13-6-2-7-14-26)35-33(28)39-24-27-15-8-3-9-16-27/h1-21H,22-24H2. The number of aromatic nitrogens is 3. The van der Waals surface area contributed by atoms with Gasteiger partial charge >= 0.3 is 0 Å². The molecule has 3 aromatic heterocycles. The first-order chi connectivity index (χ1) is 19.3. The van der Waals surface area contributed by atoms with Crippen LogP contribution in [0, 0.1) is 0 Å². The Bertz CT molecular complexity index is 1650. The molecule has 3 aromatic carbocycles. The van der Waals surface area contributed by atoms with Gasteiger partial charge in [-0.15, -0.1) is 0 Å². The fourth-order valence-corrected chi connectivity index (χ4v) is 4.30. The summed E-state index contributed by atoms with van der Waals surface area (Å²) in [6.45, 7) is 1.26. The second-order valence-corrected chi connectivity index (χ2v) is 9.03. The Morgan fingerprint density at radius 3 is 1.79 bits per heavy atom. The van der Waals surface area contributed by atoms with Crippen molar-refractivity contribution in [1.29, 1.82) is 0 Å². The minimum atomic E-state index is 0.380. The van der Waals surface area contributed by atoms with Crippen molar-refractivity contribution >= 4 is 5.65 Å². The van der Waals surface area contributed by atoms with Crippen LogP contribution in [0.2, 0.25) is 0 Å². The molecule has 0 aliphatic carbocycles. The summed E-state index contributed by atoms with van der Waals surface area (Å²) in [7, 11) is 0. The SMILES string of the molecule is c1ccc(COc2ccc(-c3cnc4c(OCc5ccccc5)cccn34)c(OCc3ccccc3)n2)cc1. The van der Waals surface area contributed by atoms with Crippen molar-refractivity contribution < 1.29 is 14.2 Å². The number of nitrogens with zero attached hydrogens (tertiary/aromatic N) is 3. The summed E-state index contributed by atoms with van der Waals surface area (Å²) >= 11 is 0. The summed E-state index contributed by atoms with van der Waals surface area (Å²) in [5.74, 6) is 1.67. The molecule has 0 fully saturated rings. The smallest absolute Gasteiger partial charge is 0.226 e. The third-order valence-corrected chi connectivity index (χ3v) is 6.30. The summed E-state index contributed by atoms with van der Waals surface area (Å²) in [5.41, 5.74) is 5.60. The number of benzene rings is 3. The van der Waals surface area contributed by atoms with Crippen LogP contribution in [0.15, 0.2) is 128 Å². The number of pyridine rings is 2. The van der Waals surface area contributed by atoms with Crippen molar-refractivity contribution in [3.63, 3.8) is 0 Å². The molecule has 3 heterocycles. The van der Waals surface area contributed by atoms with Gasteiger partial charge in [-0.3, -0.25) is 4.40 Å². The van der Waals surface area contributed by atoms with Gasteiger partial charge in [0.05, 0.1) is 17.5 Å². The predicted molar refractivity (Wildman–Crippen MR) is 151 cm³/mol. The van der Waals surface area contributed by atoms with Gasteiger partial charge in [0, 0.05) is 12.3 Å². The quantitative estimate of drug-likeness (QED) is 0.195. The van der Waals surface area contributed by atoms with E-state index in [2.05, 4.69) is 4.98 Å². The minimum Gasteiger partial charge on any atom is -0.485 e. The molecule has 192 valence electrons. The molecule has 0 saturated carbocycles. The molecule has 6 nitrogen and oxygen atoms in total. The average Bonchev–Trinajstić information content (AvgIpc) is 3.44. The monoisotopic (exact) mass is 513 g/mol. The van der Waals surface area contributed by atoms with E-state index >= 15 is 0 Å². The highest BCUT2D eigenvalue weighted by Crippen LogP contribution is 2.33. The first-order valence-electron chi connectivity index (χ1n) is 12.8. The van der Waals surface area contributed by atoms with Crippen molar-refractivity contribution in [3.05, 3.63) is 144 Å². The van der Waals surface area contributed by atoms with Gasteiger partial charge in [0.25, 0.3) is 0 Å². The molecular weight excluding hydrogens is 486 g/mol. The van der Waals surface area contributed by atoms with Gasteiger partial charge in [0.1, 0.15) is 19.8 Å². The fourth-order valence-electron chi connectivity index (χ4n) is 4.30. The highest BCUT2D eigenvalue weighted by atomic mass is 16.5. The van der Waals surface area contributed by atoms with Gasteiger partial charge in [-0.2, -0.15) is 4.98 Å². The van der Waals surface area contributed by atoms with E-state index in [0.717, 1.165) is 33.6 Å². The molecule has 0 unspecified atom stereocenters. The average molecular weight is 514 g/mol. The van der Waals surface area contributed by atoms with Gasteiger partial charge in [0.15, 0.2) is 11.4 Å². The van der Waals surface area contributed by atoms with Crippen LogP contribution in [0.4, 0.5) is 0 Å². The number of hydrogen-bond acceptors (Lipinski definition) is 5. The number of rotatable bonds is 10. The Balaban J connectivity index is 1.30. The number of imidazole rings is 1. The van der Waals surface area contributed by atoms with Crippen molar-refractivity contribution in [2.75, 3.05) is 0 Å². The van der Waals surface area contributed by atoms with E-state index in [0.29, 0.717) is 37.3 Å². The summed E-state index contributed by atoms with van der Waals surface area (Å²) < 4.78 is 20.4. The highest BCUT2D eigenvalue weighted by molar-refractivity contribution is 5.71. The highest BCUT2D eigenvalue weighted by Gasteiger charge is 2.17. The van der Waals surface area contributed by atoms with Crippen molar-refractivity contribution in [3.8, 4) is 28.8 Å². The molecule has 0 saturated heterocycles. The van der Waals surface area contributed by atoms with Crippen molar-refractivity contribution in [1.82, 2.24) is 14.4 Å². The Kier molecular flexibility index (Phi) is 7.17. The van der Waals surface area contributed by atoms with E-state index < -0.39 is 0 Å². The first-order valence-corrected chi connectivity index (χ1v) is 12.8. The third-order valence-electron chi connectivity index (χ3n) is 6.30. The minimum absolute atomic E-state index is 0.380. The lowest BCUT2D eigenvalue weighted by molar-refractivity contribution is 0.268. The molecule has 6 aromatic rings. The van der Waals surface area contributed by atoms with Crippen LogP contribution >= 0.6 is 0 Å². The van der Waals surface area contributed by atoms with E-state index in [9.17, 15) is 0 Å². The molecule has 0 aliphatic rings. The Morgan fingerprint density at radius 2 is 1.15 bits per heavy atom. The molecule has 0 N–H and O–H groups in total. The number of hydrogen-bond donors (Lipinski definition) is 0. The number of ether oxygens (including phenoxy) is 3. The molecule has 0 spiro atoms. The maximum atomic E-state index is 6.26. The predicted octanol–water partition coefficient (Wildman–Crippen LogP) is 7.13. The molecule has 0 bridgehead atoms. The lowest BCUT2D eigenvalue weighted by Gasteiger charge is -2.13. The Morgan fingerprint density at radius 1 is 0.564 bits per heavy atom. The van der Waals surface area contributed by atoms with E-state index in [1.165, 1.54) is 0 Å². The van der Waals surface area contributed by atoms with Crippen LogP contribution in [-0.2, 0) is 19.8 Å². The maximum Gasteiger partial charge on any atom is 0.226 e. The van der Waals surface area contributed by atoms with Gasteiger partial charge in [0.2, 0.25) is 11.8 Å². The third kappa shape index (κ3) is 5.75. The van der Waals surface area contributed by atoms with Crippen LogP contribution < -0.4 is 14.2 Å². The van der Waals surface area contributed by atoms with Gasteiger partial charge in [-0.1, -0.05) is 91.0 Å². The molecule has 39 heavy (non-hydrogen) atoms. The van der Waals surface area contributed by atoms with Crippen molar-refractivity contribution in [2.45, 2.75) is 19.8 Å². The summed E-state index contributed by atoms with van der Waals surface area (Å²) in [5, 5.41) is 0. The summed E-state index contributed by atoms with van der Waals surface area (Å²) in [4.78, 5) is 9.44. The van der Waals surface area contributed by atoms with E-state index in [1.54, 1.807) is 0 Å². The second-order valence-electron chi connectivity index (χ2n) is 9.03. The van der Waals surface area contributed by atoms with Gasteiger partial charge < -0.3 is 14.2 Å². The zero-order valence-electron chi connectivity index (χ0n) is 21.3. The van der Waals surface area contributed by atoms with Gasteiger partial charge in [-0.05, 0) is 34.9 Å². The zero-order chi connectivity index (χ0) is 26.3. The van der Waals surface area contributed by atoms with E-state index in [1.807, 2.05) is 132 Å². The normalized spacial score (nSPS) is 10.9. The molecular formula is C33H27N3O3. The van der Waals surface area contributed by atoms with Crippen LogP contribution in [0.1, 0.15) is 16.7 Å². The Hall–Kier alpha value is -5.10. The maximum absolute atomic E-state index is 6.26. The molecule has 0 radical (unpaired) electrons. The van der Waals surface area contributed by atoms with E-state index in [4.69, 9.17) is 19.2 Å². The van der Waals surface area contributed by atoms with Crippen LogP contribution in [0.5, 0.6) is 17.5 Å². The first kappa shape index (κ1) is 24.2. The molecule has 0 aliphatic heterocycles. The van der Waals surface area contributed by atoms with Gasteiger partial charge in [-0.25, -0.2) is 4.98 Å². The Labute approximate surface area is 227 Å². The molecule has 6 heteroatoms. The lowest BCUT2D eigenvalue weighted by Crippen LogP contribution is -2.03. The lowest BCUT2D eigenvalue weighted by atomic mass is 10.2. The van der Waals surface area contributed by atoms with E-state index in [-0.39, 0.29) is 0 Å². The zero-order valence-corrected chi connectivity index (χ0v) is 21.3. The molecule has 0 atom stereocenters. The second kappa shape index (κ2) is 11.5.